The Balaban J connectivity index is 0.000000560. The molecule has 0 aliphatic carbocycles. The molecule has 16 heteroatoms. The number of benzene rings is 3. The van der Waals surface area contributed by atoms with Crippen molar-refractivity contribution >= 4 is 51.5 Å². The number of carbonyl (C=O) groups excluding carboxylic acids is 2. The van der Waals surface area contributed by atoms with Crippen LogP contribution >= 0.6 is 21.4 Å². The molecule has 3 aromatic rings. The minimum Gasteiger partial charge on any atom is -0.497 e. The van der Waals surface area contributed by atoms with Crippen molar-refractivity contribution < 1.29 is 44.7 Å². The first kappa shape index (κ1) is 40.9. The Hall–Kier alpha value is -3.30. The van der Waals surface area contributed by atoms with Crippen molar-refractivity contribution in [3.05, 3.63) is 96.1 Å². The number of piperidine rings is 1. The van der Waals surface area contributed by atoms with Gasteiger partial charge in [-0.25, -0.2) is 22.0 Å². The Kier molecular flexibility index (Phi) is 15.7. The molecule has 1 aliphatic rings. The number of nitrogens with zero attached hydrogens (tertiary/aromatic N) is 1. The Morgan fingerprint density at radius 3 is 2.00 bits per heavy atom. The summed E-state index contributed by atoms with van der Waals surface area (Å²) in [5.41, 5.74) is -0.0165. The smallest absolute Gasteiger partial charge is 0.329 e. The second kappa shape index (κ2) is 18.5. The Bertz CT molecular complexity index is 1700. The zero-order chi connectivity index (χ0) is 36.1. The standard InChI is InChI=1S/C26H33FN2O6S.C6H5F.Cl2O2S/c1-26(2,3)35-25(31)22(16-18-11-13-20(34-4)14-12-18)28-24(30)23-10-5-6-15-29(23)36(32,33)21-9-7-8-19(27)17-21;7-6-4-2-1-3-5-6;1-5(2,3)4/h7-9,11-14,17,22-23H,5-6,10,15-16H2,1-4H3,(H,28,30);1-5H;. The van der Waals surface area contributed by atoms with Crippen molar-refractivity contribution in [2.45, 2.75) is 69.0 Å². The van der Waals surface area contributed by atoms with Crippen LogP contribution in [0.3, 0.4) is 0 Å². The van der Waals surface area contributed by atoms with Crippen LogP contribution in [0, 0.1) is 11.6 Å². The lowest BCUT2D eigenvalue weighted by Crippen LogP contribution is -2.55. The number of hydrogen-bond acceptors (Lipinski definition) is 8. The van der Waals surface area contributed by atoms with Gasteiger partial charge in [-0.2, -0.15) is 12.7 Å². The van der Waals surface area contributed by atoms with Crippen molar-refractivity contribution in [1.82, 2.24) is 9.62 Å². The number of nitrogens with one attached hydrogen (secondary N) is 1. The lowest BCUT2D eigenvalue weighted by atomic mass is 10.0. The second-order valence-corrected chi connectivity index (χ2v) is 17.0. The first-order chi connectivity index (χ1) is 22.3. The van der Waals surface area contributed by atoms with Crippen molar-refractivity contribution in [3.63, 3.8) is 0 Å². The molecule has 0 bridgehead atoms. The molecule has 4 rings (SSSR count). The maximum Gasteiger partial charge on any atom is 0.329 e. The summed E-state index contributed by atoms with van der Waals surface area (Å²) >= 11 is 0. The maximum atomic E-state index is 13.7. The number of methoxy groups -OCH3 is 1. The number of sulfonamides is 1. The van der Waals surface area contributed by atoms with E-state index in [0.717, 1.165) is 22.0 Å². The third-order valence-electron chi connectivity index (χ3n) is 6.50. The van der Waals surface area contributed by atoms with Gasteiger partial charge < -0.3 is 14.8 Å². The van der Waals surface area contributed by atoms with E-state index in [0.29, 0.717) is 18.6 Å². The molecule has 1 fully saturated rings. The van der Waals surface area contributed by atoms with E-state index in [4.69, 9.17) is 17.9 Å². The average Bonchev–Trinajstić information content (AvgIpc) is 3.00. The molecule has 1 amide bonds. The summed E-state index contributed by atoms with van der Waals surface area (Å²) in [6, 6.07) is 17.6. The molecular formula is C32H38Cl2F2N2O8S2. The summed E-state index contributed by atoms with van der Waals surface area (Å²) in [4.78, 5) is 26.2. The molecule has 2 atom stereocenters. The van der Waals surface area contributed by atoms with E-state index in [2.05, 4.69) is 26.7 Å². The van der Waals surface area contributed by atoms with Crippen molar-refractivity contribution in [1.29, 1.82) is 0 Å². The molecule has 0 radical (unpaired) electrons. The zero-order valence-electron chi connectivity index (χ0n) is 26.7. The zero-order valence-corrected chi connectivity index (χ0v) is 29.9. The summed E-state index contributed by atoms with van der Waals surface area (Å²) < 4.78 is 82.4. The number of ether oxygens (including phenoxy) is 2. The first-order valence-corrected chi connectivity index (χ1v) is 19.2. The predicted octanol–water partition coefficient (Wildman–Crippen LogP) is 5.98. The van der Waals surface area contributed by atoms with Crippen LogP contribution in [0.5, 0.6) is 5.75 Å². The van der Waals surface area contributed by atoms with E-state index in [-0.39, 0.29) is 30.1 Å². The van der Waals surface area contributed by atoms with E-state index in [1.54, 1.807) is 70.3 Å². The molecule has 264 valence electrons. The molecule has 0 saturated carbocycles. The average molecular weight is 752 g/mol. The minimum atomic E-state index is -4.13. The van der Waals surface area contributed by atoms with Gasteiger partial charge in [0.15, 0.2) is 0 Å². The van der Waals surface area contributed by atoms with E-state index in [1.165, 1.54) is 24.3 Å². The van der Waals surface area contributed by atoms with Gasteiger partial charge in [0.25, 0.3) is 0 Å². The van der Waals surface area contributed by atoms with Crippen LogP contribution in [0.1, 0.15) is 45.6 Å². The van der Waals surface area contributed by atoms with Crippen LogP contribution in [0.2, 0.25) is 0 Å². The molecule has 1 heterocycles. The fourth-order valence-corrected chi connectivity index (χ4v) is 6.15. The van der Waals surface area contributed by atoms with Crippen molar-refractivity contribution in [2.75, 3.05) is 13.7 Å². The first-order valence-electron chi connectivity index (χ1n) is 14.6. The SMILES string of the molecule is COc1ccc(CC(NC(=O)C2CCCCN2S(=O)(=O)c2cccc(F)c2)C(=O)OC(C)(C)C)cc1.Fc1ccccc1.O=S(=O)(Cl)Cl. The Labute approximate surface area is 289 Å². The third kappa shape index (κ3) is 14.9. The van der Waals surface area contributed by atoms with Gasteiger partial charge in [0, 0.05) is 34.3 Å². The van der Waals surface area contributed by atoms with E-state index >= 15 is 0 Å². The summed E-state index contributed by atoms with van der Waals surface area (Å²) in [6.45, 7) is 5.30. The number of esters is 1. The van der Waals surface area contributed by atoms with Gasteiger partial charge in [0.2, 0.25) is 15.9 Å². The largest absolute Gasteiger partial charge is 0.497 e. The Morgan fingerprint density at radius 2 is 1.50 bits per heavy atom. The van der Waals surface area contributed by atoms with Gasteiger partial charge >= 0.3 is 14.2 Å². The van der Waals surface area contributed by atoms with E-state index in [1.807, 2.05) is 0 Å². The molecule has 3 aromatic carbocycles. The number of rotatable bonds is 8. The number of amides is 1. The van der Waals surface area contributed by atoms with Gasteiger partial charge in [0.1, 0.15) is 35.1 Å². The molecule has 48 heavy (non-hydrogen) atoms. The van der Waals surface area contributed by atoms with Crippen LogP contribution < -0.4 is 10.1 Å². The monoisotopic (exact) mass is 750 g/mol. The lowest BCUT2D eigenvalue weighted by molar-refractivity contribution is -0.158. The molecule has 1 aliphatic heterocycles. The van der Waals surface area contributed by atoms with Crippen LogP contribution in [-0.4, -0.2) is 64.4 Å². The Morgan fingerprint density at radius 1 is 0.917 bits per heavy atom. The van der Waals surface area contributed by atoms with Gasteiger partial charge in [-0.1, -0.05) is 42.8 Å². The number of hydrogen-bond donors (Lipinski definition) is 1. The fourth-order valence-electron chi connectivity index (χ4n) is 4.46. The van der Waals surface area contributed by atoms with Gasteiger partial charge in [-0.3, -0.25) is 4.79 Å². The van der Waals surface area contributed by atoms with Gasteiger partial charge in [-0.05, 0) is 81.6 Å². The maximum absolute atomic E-state index is 13.7. The molecule has 0 spiro atoms. The highest BCUT2D eigenvalue weighted by molar-refractivity contribution is 8.31. The molecule has 1 saturated heterocycles. The van der Waals surface area contributed by atoms with Crippen LogP contribution in [0.4, 0.5) is 8.78 Å². The highest BCUT2D eigenvalue weighted by atomic mass is 36.0. The second-order valence-electron chi connectivity index (χ2n) is 11.4. The lowest BCUT2D eigenvalue weighted by Gasteiger charge is -2.34. The molecular weight excluding hydrogens is 713 g/mol. The van der Waals surface area contributed by atoms with Crippen LogP contribution in [0.25, 0.3) is 0 Å². The molecule has 2 unspecified atom stereocenters. The molecule has 10 nitrogen and oxygen atoms in total. The predicted molar refractivity (Wildman–Crippen MR) is 179 cm³/mol. The van der Waals surface area contributed by atoms with Gasteiger partial charge in [0.05, 0.1) is 12.0 Å². The minimum absolute atomic E-state index is 0.118. The summed E-state index contributed by atoms with van der Waals surface area (Å²) in [6.07, 6.45) is 1.64. The number of halogens is 4. The molecule has 1 N–H and O–H groups in total. The van der Waals surface area contributed by atoms with Crippen LogP contribution in [0.15, 0.2) is 83.8 Å². The van der Waals surface area contributed by atoms with Crippen molar-refractivity contribution in [2.24, 2.45) is 0 Å². The van der Waals surface area contributed by atoms with Crippen LogP contribution in [-0.2, 0) is 39.0 Å². The fraction of sp³-hybridized carbons (Fsp3) is 0.375. The van der Waals surface area contributed by atoms with E-state index < -0.39 is 53.7 Å². The summed E-state index contributed by atoms with van der Waals surface area (Å²) in [5, 5.41) is 2.73. The highest BCUT2D eigenvalue weighted by Crippen LogP contribution is 2.26. The van der Waals surface area contributed by atoms with E-state index in [9.17, 15) is 26.8 Å². The normalized spacial score (nSPS) is 15.8. The summed E-state index contributed by atoms with van der Waals surface area (Å²) in [7, 11) is 2.23. The number of carbonyl (C=O) groups is 2. The molecule has 0 aromatic heterocycles. The van der Waals surface area contributed by atoms with Crippen molar-refractivity contribution in [3.8, 4) is 5.75 Å². The third-order valence-corrected chi connectivity index (χ3v) is 8.40. The summed E-state index contributed by atoms with van der Waals surface area (Å²) in [5.74, 6) is -1.43. The highest BCUT2D eigenvalue weighted by Gasteiger charge is 2.39. The topological polar surface area (TPSA) is 136 Å². The quantitative estimate of drug-likeness (QED) is 0.220. The van der Waals surface area contributed by atoms with Gasteiger partial charge in [-0.15, -0.1) is 0 Å².